The van der Waals surface area contributed by atoms with Crippen LogP contribution in [0.3, 0.4) is 0 Å². The molecule has 1 heterocycles. The third-order valence-corrected chi connectivity index (χ3v) is 2.39. The van der Waals surface area contributed by atoms with Crippen LogP contribution in [0.2, 0.25) is 0 Å². The molecule has 0 spiro atoms. The minimum absolute atomic E-state index is 0.604. The van der Waals surface area contributed by atoms with Crippen LogP contribution in [0.25, 0.3) is 0 Å². The lowest BCUT2D eigenvalue weighted by Crippen LogP contribution is -2.45. The summed E-state index contributed by atoms with van der Waals surface area (Å²) in [6.45, 7) is 5.57. The zero-order valence-corrected chi connectivity index (χ0v) is 6.93. The quantitative estimate of drug-likeness (QED) is 0.496. The van der Waals surface area contributed by atoms with Crippen molar-refractivity contribution in [3.05, 3.63) is 0 Å². The highest BCUT2D eigenvalue weighted by atomic mass is 32.1. The average molecular weight is 146 g/mol. The van der Waals surface area contributed by atoms with Crippen molar-refractivity contribution in [1.82, 2.24) is 9.21 Å². The molecule has 1 aliphatic heterocycles. The van der Waals surface area contributed by atoms with Gasteiger partial charge in [0.15, 0.2) is 0 Å². The zero-order chi connectivity index (χ0) is 6.85. The normalized spacial score (nSPS) is 33.0. The molecule has 0 bridgehead atoms. The molecule has 0 aromatic rings. The Hall–Kier alpha value is 0.270. The molecule has 0 aromatic heterocycles. The highest BCUT2D eigenvalue weighted by molar-refractivity contribution is 7.77. The lowest BCUT2D eigenvalue weighted by Gasteiger charge is -2.34. The van der Waals surface area contributed by atoms with Gasteiger partial charge in [0.1, 0.15) is 0 Å². The molecule has 0 aliphatic carbocycles. The average Bonchev–Trinajstić information content (AvgIpc) is 1.80. The van der Waals surface area contributed by atoms with Gasteiger partial charge in [0.05, 0.1) is 0 Å². The summed E-state index contributed by atoms with van der Waals surface area (Å²) in [6.07, 6.45) is 0. The fourth-order valence-electron chi connectivity index (χ4n) is 1.13. The summed E-state index contributed by atoms with van der Waals surface area (Å²) in [6, 6.07) is 0.604. The monoisotopic (exact) mass is 146 g/mol. The van der Waals surface area contributed by atoms with E-state index in [1.807, 2.05) is 0 Å². The number of hydrogen-bond donors (Lipinski definition) is 1. The molecule has 1 aliphatic rings. The predicted molar refractivity (Wildman–Crippen MR) is 42.7 cm³/mol. The molecule has 1 unspecified atom stereocenters. The number of thiol groups is 1. The summed E-state index contributed by atoms with van der Waals surface area (Å²) in [5.74, 6) is 0. The van der Waals surface area contributed by atoms with E-state index in [-0.39, 0.29) is 0 Å². The van der Waals surface area contributed by atoms with Crippen LogP contribution in [0.1, 0.15) is 6.92 Å². The summed E-state index contributed by atoms with van der Waals surface area (Å²) < 4.78 is 2.10. The minimum atomic E-state index is 0.604. The molecule has 0 radical (unpaired) electrons. The van der Waals surface area contributed by atoms with E-state index < -0.39 is 0 Å². The van der Waals surface area contributed by atoms with Crippen molar-refractivity contribution in [3.63, 3.8) is 0 Å². The SMILES string of the molecule is CC1CN(C)CCN1S. The molecule has 9 heavy (non-hydrogen) atoms. The van der Waals surface area contributed by atoms with E-state index in [1.165, 1.54) is 0 Å². The Bertz CT molecular complexity index is 97.1. The number of nitrogens with zero attached hydrogens (tertiary/aromatic N) is 2. The Labute approximate surface area is 62.4 Å². The highest BCUT2D eigenvalue weighted by Crippen LogP contribution is 2.08. The molecule has 0 aromatic carbocycles. The van der Waals surface area contributed by atoms with Crippen LogP contribution in [0.5, 0.6) is 0 Å². The molecule has 2 nitrogen and oxygen atoms in total. The van der Waals surface area contributed by atoms with Crippen molar-refractivity contribution >= 4 is 12.8 Å². The van der Waals surface area contributed by atoms with E-state index in [1.54, 1.807) is 0 Å². The van der Waals surface area contributed by atoms with Crippen molar-refractivity contribution in [1.29, 1.82) is 0 Å². The second-order valence-electron chi connectivity index (χ2n) is 2.77. The largest absolute Gasteiger partial charge is 0.303 e. The molecule has 1 atom stereocenters. The first kappa shape index (κ1) is 7.38. The van der Waals surface area contributed by atoms with Gasteiger partial charge in [-0.3, -0.25) is 0 Å². The Morgan fingerprint density at radius 1 is 1.44 bits per heavy atom. The summed E-state index contributed by atoms with van der Waals surface area (Å²) >= 11 is 4.30. The van der Waals surface area contributed by atoms with Gasteiger partial charge >= 0.3 is 0 Å². The van der Waals surface area contributed by atoms with Crippen molar-refractivity contribution in [2.45, 2.75) is 13.0 Å². The third kappa shape index (κ3) is 1.85. The maximum absolute atomic E-state index is 4.30. The molecule has 1 rings (SSSR count). The second-order valence-corrected chi connectivity index (χ2v) is 3.29. The van der Waals surface area contributed by atoms with Crippen LogP contribution in [-0.4, -0.2) is 41.9 Å². The molecule has 3 heteroatoms. The van der Waals surface area contributed by atoms with Gasteiger partial charge < -0.3 is 4.90 Å². The standard InChI is InChI=1S/C6H14N2S/c1-6-5-7(2)3-4-8(6)9/h6,9H,3-5H2,1-2H3. The maximum atomic E-state index is 4.30. The Balaban J connectivity index is 2.35. The summed E-state index contributed by atoms with van der Waals surface area (Å²) in [7, 11) is 2.15. The topological polar surface area (TPSA) is 6.48 Å². The fraction of sp³-hybridized carbons (Fsp3) is 1.00. The molecule has 0 amide bonds. The van der Waals surface area contributed by atoms with Gasteiger partial charge in [-0.2, -0.15) is 0 Å². The van der Waals surface area contributed by atoms with E-state index >= 15 is 0 Å². The van der Waals surface area contributed by atoms with Crippen LogP contribution in [0.4, 0.5) is 0 Å². The third-order valence-electron chi connectivity index (χ3n) is 1.80. The number of likely N-dealkylation sites (N-methyl/N-ethyl adjacent to an activating group) is 1. The first-order chi connectivity index (χ1) is 4.20. The fourth-order valence-corrected chi connectivity index (χ4v) is 1.29. The molecular weight excluding hydrogens is 132 g/mol. The van der Waals surface area contributed by atoms with Gasteiger partial charge in [-0.15, -0.1) is 0 Å². The lowest BCUT2D eigenvalue weighted by molar-refractivity contribution is 0.183. The van der Waals surface area contributed by atoms with Gasteiger partial charge in [0.25, 0.3) is 0 Å². The Morgan fingerprint density at radius 2 is 2.11 bits per heavy atom. The van der Waals surface area contributed by atoms with Crippen LogP contribution < -0.4 is 0 Å². The first-order valence-corrected chi connectivity index (χ1v) is 3.74. The van der Waals surface area contributed by atoms with Gasteiger partial charge in [0, 0.05) is 25.7 Å². The Morgan fingerprint density at radius 3 is 2.56 bits per heavy atom. The van der Waals surface area contributed by atoms with Crippen molar-refractivity contribution in [2.24, 2.45) is 0 Å². The number of piperazine rings is 1. The first-order valence-electron chi connectivity index (χ1n) is 3.34. The summed E-state index contributed by atoms with van der Waals surface area (Å²) in [5.41, 5.74) is 0. The molecule has 0 saturated carbocycles. The van der Waals surface area contributed by atoms with Crippen molar-refractivity contribution in [2.75, 3.05) is 26.7 Å². The summed E-state index contributed by atoms with van der Waals surface area (Å²) in [4.78, 5) is 2.33. The van der Waals surface area contributed by atoms with Gasteiger partial charge in [-0.1, -0.05) is 12.8 Å². The maximum Gasteiger partial charge on any atom is 0.0299 e. The van der Waals surface area contributed by atoms with E-state index in [2.05, 4.69) is 36.0 Å². The van der Waals surface area contributed by atoms with E-state index in [0.29, 0.717) is 6.04 Å². The second kappa shape index (κ2) is 2.90. The zero-order valence-electron chi connectivity index (χ0n) is 6.04. The van der Waals surface area contributed by atoms with Gasteiger partial charge in [0.2, 0.25) is 0 Å². The van der Waals surface area contributed by atoms with Gasteiger partial charge in [-0.25, -0.2) is 4.31 Å². The lowest BCUT2D eigenvalue weighted by atomic mass is 10.2. The predicted octanol–water partition coefficient (Wildman–Crippen LogP) is 0.467. The van der Waals surface area contributed by atoms with Crippen molar-refractivity contribution < 1.29 is 0 Å². The highest BCUT2D eigenvalue weighted by Gasteiger charge is 2.17. The Kier molecular flexibility index (Phi) is 2.38. The molecule has 54 valence electrons. The van der Waals surface area contributed by atoms with Crippen LogP contribution in [0.15, 0.2) is 0 Å². The molecule has 1 fully saturated rings. The molecule has 1 saturated heterocycles. The minimum Gasteiger partial charge on any atom is -0.303 e. The number of rotatable bonds is 0. The molecule has 0 N–H and O–H groups in total. The van der Waals surface area contributed by atoms with Crippen LogP contribution in [0, 0.1) is 0 Å². The van der Waals surface area contributed by atoms with E-state index in [4.69, 9.17) is 0 Å². The smallest absolute Gasteiger partial charge is 0.0299 e. The van der Waals surface area contributed by atoms with E-state index in [9.17, 15) is 0 Å². The van der Waals surface area contributed by atoms with Crippen molar-refractivity contribution in [3.8, 4) is 0 Å². The van der Waals surface area contributed by atoms with Crippen LogP contribution in [-0.2, 0) is 0 Å². The van der Waals surface area contributed by atoms with Crippen LogP contribution >= 0.6 is 12.8 Å². The summed E-state index contributed by atoms with van der Waals surface area (Å²) in [5, 5.41) is 0. The van der Waals surface area contributed by atoms with E-state index in [0.717, 1.165) is 19.6 Å². The van der Waals surface area contributed by atoms with Gasteiger partial charge in [-0.05, 0) is 14.0 Å². The molecular formula is C6H14N2S. The number of hydrogen-bond acceptors (Lipinski definition) is 3.